The number of nitrogens with one attached hydrogen (secondary N) is 1. The Hall–Kier alpha value is -2.29. The molecule has 0 radical (unpaired) electrons. The van der Waals surface area contributed by atoms with Crippen LogP contribution in [0.25, 0.3) is 0 Å². The third-order valence-corrected chi connectivity index (χ3v) is 7.24. The van der Waals surface area contributed by atoms with Crippen LogP contribution in [-0.4, -0.2) is 31.7 Å². The Labute approximate surface area is 201 Å². The molecule has 3 aromatic rings. The Bertz CT molecular complexity index is 1220. The van der Waals surface area contributed by atoms with Crippen LogP contribution < -0.4 is 10.1 Å². The van der Waals surface area contributed by atoms with E-state index in [4.69, 9.17) is 39.5 Å². The molecule has 0 unspecified atom stereocenters. The predicted octanol–water partition coefficient (Wildman–Crippen LogP) is 6.09. The summed E-state index contributed by atoms with van der Waals surface area (Å²) in [6.07, 6.45) is 0. The van der Waals surface area contributed by atoms with Gasteiger partial charge in [0.05, 0.1) is 17.3 Å². The highest BCUT2D eigenvalue weighted by Crippen LogP contribution is 2.32. The molecule has 0 saturated carbocycles. The molecule has 0 atom stereocenters. The molecule has 1 N–H and O–H groups in total. The van der Waals surface area contributed by atoms with E-state index in [1.807, 2.05) is 18.2 Å². The standard InChI is InChI=1S/C22H19Cl3N2O4S/c1-2-27(32(29,30)21-13-16(24)8-10-18(21)25)14-22(28)26-19-12-15(23)9-11-20(19)31-17-6-4-3-5-7-17/h3-13H,2,14H2,1H3,(H,26,28). The second-order valence-corrected chi connectivity index (χ2v) is 9.80. The van der Waals surface area contributed by atoms with E-state index in [0.717, 1.165) is 4.31 Å². The van der Waals surface area contributed by atoms with Crippen molar-refractivity contribution in [2.45, 2.75) is 11.8 Å². The molecule has 6 nitrogen and oxygen atoms in total. The van der Waals surface area contributed by atoms with Gasteiger partial charge in [0.1, 0.15) is 10.6 Å². The SMILES string of the molecule is CCN(CC(=O)Nc1cc(Cl)ccc1Oc1ccccc1)S(=O)(=O)c1cc(Cl)ccc1Cl. The van der Waals surface area contributed by atoms with E-state index in [1.54, 1.807) is 31.2 Å². The Morgan fingerprint density at radius 3 is 2.31 bits per heavy atom. The van der Waals surface area contributed by atoms with Crippen molar-refractivity contribution < 1.29 is 17.9 Å². The molecule has 0 bridgehead atoms. The molecular formula is C22H19Cl3N2O4S. The zero-order valence-electron chi connectivity index (χ0n) is 16.9. The number of benzene rings is 3. The summed E-state index contributed by atoms with van der Waals surface area (Å²) in [5, 5.41) is 3.29. The second-order valence-electron chi connectivity index (χ2n) is 6.61. The Morgan fingerprint density at radius 2 is 1.62 bits per heavy atom. The van der Waals surface area contributed by atoms with Gasteiger partial charge in [0.15, 0.2) is 5.75 Å². The molecule has 0 heterocycles. The largest absolute Gasteiger partial charge is 0.455 e. The second kappa shape index (κ2) is 10.6. The first kappa shape index (κ1) is 24.4. The molecule has 3 rings (SSSR count). The smallest absolute Gasteiger partial charge is 0.245 e. The molecule has 0 saturated heterocycles. The summed E-state index contributed by atoms with van der Waals surface area (Å²) in [6.45, 7) is 1.22. The van der Waals surface area contributed by atoms with Crippen molar-refractivity contribution in [2.75, 3.05) is 18.4 Å². The molecule has 0 aliphatic rings. The quantitative estimate of drug-likeness (QED) is 0.395. The number of carbonyl (C=O) groups is 1. The van der Waals surface area contributed by atoms with Gasteiger partial charge in [0.25, 0.3) is 0 Å². The topological polar surface area (TPSA) is 75.7 Å². The number of halogens is 3. The number of anilines is 1. The van der Waals surface area contributed by atoms with Gasteiger partial charge in [0, 0.05) is 16.6 Å². The van der Waals surface area contributed by atoms with Crippen LogP contribution in [0.3, 0.4) is 0 Å². The molecule has 10 heteroatoms. The number of ether oxygens (including phenoxy) is 1. The lowest BCUT2D eigenvalue weighted by Crippen LogP contribution is -2.38. The summed E-state index contributed by atoms with van der Waals surface area (Å²) in [6, 6.07) is 17.9. The van der Waals surface area contributed by atoms with Gasteiger partial charge in [-0.1, -0.05) is 59.9 Å². The van der Waals surface area contributed by atoms with E-state index < -0.39 is 22.5 Å². The van der Waals surface area contributed by atoms with Crippen molar-refractivity contribution in [3.05, 3.63) is 81.8 Å². The maximum absolute atomic E-state index is 13.0. The van der Waals surface area contributed by atoms with E-state index in [0.29, 0.717) is 22.2 Å². The lowest BCUT2D eigenvalue weighted by atomic mass is 10.2. The maximum atomic E-state index is 13.0. The lowest BCUT2D eigenvalue weighted by Gasteiger charge is -2.21. The number of nitrogens with zero attached hydrogens (tertiary/aromatic N) is 1. The van der Waals surface area contributed by atoms with Crippen LogP contribution in [0.1, 0.15) is 6.92 Å². The third kappa shape index (κ3) is 5.94. The number of carbonyl (C=O) groups excluding carboxylic acids is 1. The van der Waals surface area contributed by atoms with Crippen LogP contribution in [0, 0.1) is 0 Å². The molecule has 32 heavy (non-hydrogen) atoms. The van der Waals surface area contributed by atoms with Gasteiger partial charge in [-0.05, 0) is 48.5 Å². The zero-order chi connectivity index (χ0) is 23.3. The number of para-hydroxylation sites is 1. The van der Waals surface area contributed by atoms with Crippen molar-refractivity contribution >= 4 is 56.4 Å². The number of rotatable bonds is 8. The molecule has 1 amide bonds. The summed E-state index contributed by atoms with van der Waals surface area (Å²) in [5.74, 6) is 0.352. The summed E-state index contributed by atoms with van der Waals surface area (Å²) in [7, 11) is -4.06. The van der Waals surface area contributed by atoms with E-state index in [-0.39, 0.29) is 21.5 Å². The summed E-state index contributed by atoms with van der Waals surface area (Å²) in [5.41, 5.74) is 0.306. The first-order chi connectivity index (χ1) is 15.2. The minimum atomic E-state index is -4.06. The highest BCUT2D eigenvalue weighted by atomic mass is 35.5. The van der Waals surface area contributed by atoms with Crippen LogP contribution in [0.15, 0.2) is 71.6 Å². The maximum Gasteiger partial charge on any atom is 0.245 e. The molecule has 0 spiro atoms. The normalized spacial score (nSPS) is 11.4. The first-order valence-corrected chi connectivity index (χ1v) is 12.1. The van der Waals surface area contributed by atoms with Crippen molar-refractivity contribution in [1.29, 1.82) is 0 Å². The van der Waals surface area contributed by atoms with Crippen molar-refractivity contribution in [1.82, 2.24) is 4.31 Å². The van der Waals surface area contributed by atoms with Gasteiger partial charge < -0.3 is 10.1 Å². The minimum absolute atomic E-state index is 0.0154. The molecular weight excluding hydrogens is 495 g/mol. The van der Waals surface area contributed by atoms with Crippen molar-refractivity contribution in [3.8, 4) is 11.5 Å². The Kier molecular flexibility index (Phi) is 8.03. The van der Waals surface area contributed by atoms with E-state index in [1.165, 1.54) is 24.3 Å². The van der Waals surface area contributed by atoms with Crippen LogP contribution in [0.4, 0.5) is 5.69 Å². The molecule has 0 aliphatic carbocycles. The fourth-order valence-corrected chi connectivity index (χ4v) is 5.15. The van der Waals surface area contributed by atoms with E-state index >= 15 is 0 Å². The highest BCUT2D eigenvalue weighted by molar-refractivity contribution is 7.89. The average Bonchev–Trinajstić information content (AvgIpc) is 2.76. The predicted molar refractivity (Wildman–Crippen MR) is 127 cm³/mol. The lowest BCUT2D eigenvalue weighted by molar-refractivity contribution is -0.116. The summed E-state index contributed by atoms with van der Waals surface area (Å²) in [4.78, 5) is 12.6. The summed E-state index contributed by atoms with van der Waals surface area (Å²) >= 11 is 18.1. The first-order valence-electron chi connectivity index (χ1n) is 9.48. The van der Waals surface area contributed by atoms with Gasteiger partial charge in [-0.3, -0.25) is 4.79 Å². The van der Waals surface area contributed by atoms with Crippen molar-refractivity contribution in [3.63, 3.8) is 0 Å². The van der Waals surface area contributed by atoms with E-state index in [9.17, 15) is 13.2 Å². The zero-order valence-corrected chi connectivity index (χ0v) is 20.0. The van der Waals surface area contributed by atoms with E-state index in [2.05, 4.69) is 5.32 Å². The fraction of sp³-hybridized carbons (Fsp3) is 0.136. The van der Waals surface area contributed by atoms with Gasteiger partial charge in [-0.15, -0.1) is 0 Å². The monoisotopic (exact) mass is 512 g/mol. The number of sulfonamides is 1. The van der Waals surface area contributed by atoms with Gasteiger partial charge in [-0.25, -0.2) is 8.42 Å². The fourth-order valence-electron chi connectivity index (χ4n) is 2.84. The molecule has 0 fully saturated rings. The number of hydrogen-bond donors (Lipinski definition) is 1. The van der Waals surface area contributed by atoms with Crippen LogP contribution >= 0.6 is 34.8 Å². The number of hydrogen-bond acceptors (Lipinski definition) is 4. The van der Waals surface area contributed by atoms with Gasteiger partial charge >= 0.3 is 0 Å². The van der Waals surface area contributed by atoms with Crippen molar-refractivity contribution in [2.24, 2.45) is 0 Å². The van der Waals surface area contributed by atoms with Gasteiger partial charge in [-0.2, -0.15) is 4.31 Å². The molecule has 0 aliphatic heterocycles. The van der Waals surface area contributed by atoms with Crippen LogP contribution in [0.5, 0.6) is 11.5 Å². The molecule has 0 aromatic heterocycles. The summed E-state index contributed by atoms with van der Waals surface area (Å²) < 4.78 is 32.9. The van der Waals surface area contributed by atoms with Crippen LogP contribution in [-0.2, 0) is 14.8 Å². The number of amides is 1. The highest BCUT2D eigenvalue weighted by Gasteiger charge is 2.28. The van der Waals surface area contributed by atoms with Gasteiger partial charge in [0.2, 0.25) is 15.9 Å². The molecule has 168 valence electrons. The average molecular weight is 514 g/mol. The third-order valence-electron chi connectivity index (χ3n) is 4.37. The minimum Gasteiger partial charge on any atom is -0.455 e. The Balaban J connectivity index is 1.81. The van der Waals surface area contributed by atoms with Crippen LogP contribution in [0.2, 0.25) is 15.1 Å². The number of likely N-dealkylation sites (N-methyl/N-ethyl adjacent to an activating group) is 1. The molecule has 3 aromatic carbocycles. The Morgan fingerprint density at radius 1 is 0.969 bits per heavy atom.